The maximum atomic E-state index is 8.96. The Morgan fingerprint density at radius 1 is 1.29 bits per heavy atom. The molecule has 1 aliphatic carbocycles. The number of nitriles is 1. The number of anilines is 1. The van der Waals surface area contributed by atoms with Crippen LogP contribution in [-0.4, -0.2) is 12.6 Å². The fraction of sp³-hybridized carbons (Fsp3) is 0.533. The van der Waals surface area contributed by atoms with Crippen LogP contribution in [0.15, 0.2) is 24.3 Å². The summed E-state index contributed by atoms with van der Waals surface area (Å²) < 4.78 is 0. The first-order valence-electron chi connectivity index (χ1n) is 6.62. The average molecular weight is 228 g/mol. The summed E-state index contributed by atoms with van der Waals surface area (Å²) in [5.74, 6) is 0. The highest BCUT2D eigenvalue weighted by Crippen LogP contribution is 2.27. The highest BCUT2D eigenvalue weighted by Gasteiger charge is 2.20. The largest absolute Gasteiger partial charge is 0.369 e. The molecular formula is C15H20N2. The Bertz CT molecular complexity index is 400. The van der Waals surface area contributed by atoms with E-state index in [0.717, 1.165) is 12.1 Å². The monoisotopic (exact) mass is 228 g/mol. The topological polar surface area (TPSA) is 27.0 Å². The molecule has 2 heteroatoms. The van der Waals surface area contributed by atoms with Crippen LogP contribution < -0.4 is 4.90 Å². The highest BCUT2D eigenvalue weighted by molar-refractivity contribution is 5.52. The predicted octanol–water partition coefficient (Wildman–Crippen LogP) is 3.72. The van der Waals surface area contributed by atoms with Crippen molar-refractivity contribution in [2.24, 2.45) is 0 Å². The van der Waals surface area contributed by atoms with Gasteiger partial charge in [0, 0.05) is 18.3 Å². The molecule has 1 saturated carbocycles. The quantitative estimate of drug-likeness (QED) is 0.788. The first-order chi connectivity index (χ1) is 8.35. The zero-order chi connectivity index (χ0) is 12.1. The van der Waals surface area contributed by atoms with Gasteiger partial charge in [0.15, 0.2) is 0 Å². The van der Waals surface area contributed by atoms with Crippen molar-refractivity contribution in [3.63, 3.8) is 0 Å². The molecule has 1 aliphatic rings. The molecule has 2 rings (SSSR count). The molecule has 90 valence electrons. The van der Waals surface area contributed by atoms with Crippen LogP contribution in [0.2, 0.25) is 0 Å². The second kappa shape index (κ2) is 5.72. The van der Waals surface area contributed by atoms with Gasteiger partial charge in [0.2, 0.25) is 0 Å². The lowest BCUT2D eigenvalue weighted by Crippen LogP contribution is -2.36. The summed E-state index contributed by atoms with van der Waals surface area (Å²) in [5, 5.41) is 8.96. The Labute approximate surface area is 104 Å². The van der Waals surface area contributed by atoms with Gasteiger partial charge in [-0.1, -0.05) is 25.3 Å². The molecule has 0 amide bonds. The Balaban J connectivity index is 2.18. The zero-order valence-corrected chi connectivity index (χ0v) is 10.5. The molecule has 0 aliphatic heterocycles. The molecule has 0 radical (unpaired) electrons. The molecule has 0 N–H and O–H groups in total. The Hall–Kier alpha value is -1.49. The van der Waals surface area contributed by atoms with E-state index < -0.39 is 0 Å². The van der Waals surface area contributed by atoms with Crippen molar-refractivity contribution in [1.29, 1.82) is 5.26 Å². The molecular weight excluding hydrogens is 208 g/mol. The maximum Gasteiger partial charge on any atom is 0.0992 e. The van der Waals surface area contributed by atoms with Crippen molar-refractivity contribution in [3.8, 4) is 6.07 Å². The van der Waals surface area contributed by atoms with Crippen LogP contribution in [0.5, 0.6) is 0 Å². The van der Waals surface area contributed by atoms with E-state index in [0.29, 0.717) is 6.04 Å². The van der Waals surface area contributed by atoms with Crippen molar-refractivity contribution in [1.82, 2.24) is 0 Å². The van der Waals surface area contributed by atoms with Crippen LogP contribution in [-0.2, 0) is 0 Å². The van der Waals surface area contributed by atoms with Crippen LogP contribution >= 0.6 is 0 Å². The third-order valence-electron chi connectivity index (χ3n) is 3.66. The van der Waals surface area contributed by atoms with E-state index in [1.54, 1.807) is 0 Å². The molecule has 1 aromatic rings. The summed E-state index contributed by atoms with van der Waals surface area (Å²) in [7, 11) is 0. The fourth-order valence-corrected chi connectivity index (χ4v) is 2.80. The minimum Gasteiger partial charge on any atom is -0.369 e. The Morgan fingerprint density at radius 3 is 2.71 bits per heavy atom. The summed E-state index contributed by atoms with van der Waals surface area (Å²) in [4.78, 5) is 2.46. The van der Waals surface area contributed by atoms with E-state index in [1.807, 2.05) is 18.2 Å². The van der Waals surface area contributed by atoms with Gasteiger partial charge in [-0.05, 0) is 38.0 Å². The van der Waals surface area contributed by atoms with E-state index in [4.69, 9.17) is 5.26 Å². The molecule has 0 saturated heterocycles. The van der Waals surface area contributed by atoms with Crippen molar-refractivity contribution < 1.29 is 0 Å². The number of rotatable bonds is 3. The van der Waals surface area contributed by atoms with E-state index in [1.165, 1.54) is 37.8 Å². The first-order valence-corrected chi connectivity index (χ1v) is 6.62. The molecule has 0 unspecified atom stereocenters. The van der Waals surface area contributed by atoms with Crippen LogP contribution in [0.3, 0.4) is 0 Å². The van der Waals surface area contributed by atoms with Crippen molar-refractivity contribution in [2.75, 3.05) is 11.4 Å². The Kier molecular flexibility index (Phi) is 4.03. The SMILES string of the molecule is CCN(c1cccc(C#N)c1)C1CCCCC1. The molecule has 0 spiro atoms. The third-order valence-corrected chi connectivity index (χ3v) is 3.66. The number of hydrogen-bond donors (Lipinski definition) is 0. The first kappa shape index (κ1) is 12.0. The van der Waals surface area contributed by atoms with E-state index >= 15 is 0 Å². The van der Waals surface area contributed by atoms with Crippen molar-refractivity contribution in [3.05, 3.63) is 29.8 Å². The van der Waals surface area contributed by atoms with Gasteiger partial charge in [-0.25, -0.2) is 0 Å². The smallest absolute Gasteiger partial charge is 0.0992 e. The van der Waals surface area contributed by atoms with Crippen LogP contribution in [0, 0.1) is 11.3 Å². The van der Waals surface area contributed by atoms with Gasteiger partial charge in [-0.2, -0.15) is 5.26 Å². The molecule has 0 atom stereocenters. The second-order valence-corrected chi connectivity index (χ2v) is 4.74. The van der Waals surface area contributed by atoms with Crippen molar-refractivity contribution >= 4 is 5.69 Å². The van der Waals surface area contributed by atoms with Gasteiger partial charge in [-0.15, -0.1) is 0 Å². The standard InChI is InChI=1S/C15H20N2/c1-2-17(14-8-4-3-5-9-14)15-10-6-7-13(11-15)12-16/h6-7,10-11,14H,2-5,8-9H2,1H3. The minimum atomic E-state index is 0.669. The zero-order valence-electron chi connectivity index (χ0n) is 10.5. The molecule has 0 bridgehead atoms. The van der Waals surface area contributed by atoms with Crippen LogP contribution in [0.25, 0.3) is 0 Å². The Morgan fingerprint density at radius 2 is 2.06 bits per heavy atom. The van der Waals surface area contributed by atoms with Gasteiger partial charge < -0.3 is 4.90 Å². The highest BCUT2D eigenvalue weighted by atomic mass is 15.2. The maximum absolute atomic E-state index is 8.96. The molecule has 2 nitrogen and oxygen atoms in total. The van der Waals surface area contributed by atoms with Gasteiger partial charge in [0.1, 0.15) is 0 Å². The lowest BCUT2D eigenvalue weighted by molar-refractivity contribution is 0.418. The van der Waals surface area contributed by atoms with E-state index in [2.05, 4.69) is 24.0 Å². The summed E-state index contributed by atoms with van der Waals surface area (Å²) in [5.41, 5.74) is 1.97. The second-order valence-electron chi connectivity index (χ2n) is 4.74. The molecule has 1 aromatic carbocycles. The fourth-order valence-electron chi connectivity index (χ4n) is 2.80. The van der Waals surface area contributed by atoms with Gasteiger partial charge in [0.05, 0.1) is 11.6 Å². The summed E-state index contributed by atoms with van der Waals surface area (Å²) >= 11 is 0. The number of benzene rings is 1. The van der Waals surface area contributed by atoms with Gasteiger partial charge in [0.25, 0.3) is 0 Å². The lowest BCUT2D eigenvalue weighted by atomic mass is 9.93. The van der Waals surface area contributed by atoms with Gasteiger partial charge in [-0.3, -0.25) is 0 Å². The number of hydrogen-bond acceptors (Lipinski definition) is 2. The van der Waals surface area contributed by atoms with E-state index in [9.17, 15) is 0 Å². The minimum absolute atomic E-state index is 0.669. The summed E-state index contributed by atoms with van der Waals surface area (Å²) in [6.07, 6.45) is 6.67. The molecule has 17 heavy (non-hydrogen) atoms. The average Bonchev–Trinajstić information content (AvgIpc) is 2.41. The van der Waals surface area contributed by atoms with Crippen molar-refractivity contribution in [2.45, 2.75) is 45.1 Å². The predicted molar refractivity (Wildman–Crippen MR) is 71.1 cm³/mol. The van der Waals surface area contributed by atoms with E-state index in [-0.39, 0.29) is 0 Å². The molecule has 0 aromatic heterocycles. The third kappa shape index (κ3) is 2.79. The molecule has 1 fully saturated rings. The van der Waals surface area contributed by atoms with Crippen LogP contribution in [0.4, 0.5) is 5.69 Å². The van der Waals surface area contributed by atoms with Crippen LogP contribution in [0.1, 0.15) is 44.6 Å². The van der Waals surface area contributed by atoms with Gasteiger partial charge >= 0.3 is 0 Å². The summed E-state index contributed by atoms with van der Waals surface area (Å²) in [6, 6.07) is 10.9. The summed E-state index contributed by atoms with van der Waals surface area (Å²) in [6.45, 7) is 3.23. The number of nitrogens with zero attached hydrogens (tertiary/aromatic N) is 2. The molecule has 0 heterocycles. The lowest BCUT2D eigenvalue weighted by Gasteiger charge is -2.35. The normalized spacial score (nSPS) is 16.5.